The van der Waals surface area contributed by atoms with Crippen molar-refractivity contribution in [3.05, 3.63) is 159 Å². The summed E-state index contributed by atoms with van der Waals surface area (Å²) in [6.07, 6.45) is 5.06. The van der Waals surface area contributed by atoms with Crippen LogP contribution in [0.3, 0.4) is 0 Å². The molecule has 4 nitrogen and oxygen atoms in total. The highest BCUT2D eigenvalue weighted by atomic mass is 35.5. The van der Waals surface area contributed by atoms with E-state index in [0.717, 1.165) is 47.2 Å². The first-order valence-electron chi connectivity index (χ1n) is 14.4. The van der Waals surface area contributed by atoms with E-state index in [2.05, 4.69) is 6.08 Å². The minimum absolute atomic E-state index is 0.0734. The molecule has 3 aliphatic rings. The van der Waals surface area contributed by atoms with Gasteiger partial charge < -0.3 is 4.74 Å². The number of rotatable bonds is 5. The number of hydrazone groups is 1. The van der Waals surface area contributed by atoms with Gasteiger partial charge in [0.1, 0.15) is 11.5 Å². The summed E-state index contributed by atoms with van der Waals surface area (Å²) in [5.41, 5.74) is 5.98. The van der Waals surface area contributed by atoms with Gasteiger partial charge in [-0.3, -0.25) is 4.57 Å². The van der Waals surface area contributed by atoms with Crippen molar-refractivity contribution in [2.75, 3.05) is 0 Å². The van der Waals surface area contributed by atoms with Gasteiger partial charge in [-0.1, -0.05) is 108 Å². The van der Waals surface area contributed by atoms with Crippen molar-refractivity contribution in [2.24, 2.45) is 11.0 Å². The summed E-state index contributed by atoms with van der Waals surface area (Å²) in [4.78, 5) is 0. The van der Waals surface area contributed by atoms with Crippen molar-refractivity contribution in [2.45, 2.75) is 25.3 Å². The summed E-state index contributed by atoms with van der Waals surface area (Å²) >= 11 is 12.5. The molecule has 43 heavy (non-hydrogen) atoms. The molecule has 0 spiro atoms. The number of allylic oxidation sites excluding steroid dienone is 1. The van der Waals surface area contributed by atoms with Gasteiger partial charge in [-0.15, -0.1) is 0 Å². The van der Waals surface area contributed by atoms with E-state index >= 15 is 4.57 Å². The quantitative estimate of drug-likeness (QED) is 0.208. The summed E-state index contributed by atoms with van der Waals surface area (Å²) in [6, 6.07) is 35.1. The molecule has 4 aromatic rings. The van der Waals surface area contributed by atoms with E-state index in [1.54, 1.807) is 11.6 Å². The maximum atomic E-state index is 15.4. The first-order chi connectivity index (χ1) is 21.0. The molecule has 2 atom stereocenters. The number of fused-ring (bicyclic) bond motifs is 1. The van der Waals surface area contributed by atoms with Crippen LogP contribution in [0.4, 0.5) is 0 Å². The zero-order valence-electron chi connectivity index (χ0n) is 23.3. The fourth-order valence-electron chi connectivity index (χ4n) is 6.13. The van der Waals surface area contributed by atoms with Gasteiger partial charge in [-0.2, -0.15) is 5.10 Å². The van der Waals surface area contributed by atoms with Crippen molar-refractivity contribution in [3.8, 4) is 0 Å². The Labute approximate surface area is 262 Å². The van der Waals surface area contributed by atoms with E-state index in [9.17, 15) is 0 Å². The molecule has 0 unspecified atom stereocenters. The molecule has 214 valence electrons. The molecule has 7 rings (SSSR count). The van der Waals surface area contributed by atoms with Crippen LogP contribution in [0.1, 0.15) is 47.6 Å². The highest BCUT2D eigenvalue weighted by Gasteiger charge is 2.48. The lowest BCUT2D eigenvalue weighted by Gasteiger charge is -2.34. The fraction of sp³-hybridized carbons (Fsp3) is 0.139. The number of ether oxygens (including phenoxy) is 1. The highest BCUT2D eigenvalue weighted by molar-refractivity contribution is 7.68. The Hall–Kier alpha value is -3.82. The second-order valence-corrected chi connectivity index (χ2v) is 14.2. The molecule has 2 aliphatic heterocycles. The molecule has 1 aliphatic carbocycles. The smallest absolute Gasteiger partial charge is 0.238 e. The number of hydrogen-bond donors (Lipinski definition) is 0. The monoisotopic (exact) mass is 622 g/mol. The molecule has 7 heteroatoms. The molecule has 0 bridgehead atoms. The van der Waals surface area contributed by atoms with Crippen LogP contribution >= 0.6 is 30.5 Å². The molecule has 0 aromatic heterocycles. The van der Waals surface area contributed by atoms with Crippen molar-refractivity contribution >= 4 is 53.8 Å². The van der Waals surface area contributed by atoms with Crippen LogP contribution in [0.25, 0.3) is 17.6 Å². The van der Waals surface area contributed by atoms with E-state index in [4.69, 9.17) is 33.0 Å². The van der Waals surface area contributed by atoms with Crippen LogP contribution in [0, 0.1) is 5.92 Å². The summed E-state index contributed by atoms with van der Waals surface area (Å²) in [6.45, 7) is 0. The third-order valence-corrected chi connectivity index (χ3v) is 10.9. The van der Waals surface area contributed by atoms with Gasteiger partial charge in [0.2, 0.25) is 7.29 Å². The van der Waals surface area contributed by atoms with Crippen LogP contribution in [-0.2, 0) is 9.30 Å². The first kappa shape index (κ1) is 28.0. The van der Waals surface area contributed by atoms with Crippen LogP contribution in [0.2, 0.25) is 10.0 Å². The Balaban J connectivity index is 1.40. The molecular weight excluding hydrogens is 594 g/mol. The van der Waals surface area contributed by atoms with E-state index in [-0.39, 0.29) is 12.0 Å². The molecule has 1 saturated carbocycles. The largest absolute Gasteiger partial charge is 0.456 e. The summed E-state index contributed by atoms with van der Waals surface area (Å²) in [5, 5.41) is 6.62. The van der Waals surface area contributed by atoms with Gasteiger partial charge in [-0.05, 0) is 66.3 Å². The van der Waals surface area contributed by atoms with Gasteiger partial charge in [0.25, 0.3) is 0 Å². The van der Waals surface area contributed by atoms with Crippen LogP contribution < -0.4 is 0 Å². The lowest BCUT2D eigenvalue weighted by molar-refractivity contribution is 0.313. The number of benzene rings is 4. The maximum Gasteiger partial charge on any atom is 0.238 e. The SMILES string of the molecule is O=P1(N2N=C3/C(=C/c4ccc(Cl)cc4)CCC[C@@H]3[C@@H]2c2ccc(Cl)cc2)C=C(c2ccccc2)OC(c2ccccc2)=C1. The van der Waals surface area contributed by atoms with E-state index < -0.39 is 7.29 Å². The minimum Gasteiger partial charge on any atom is -0.456 e. The van der Waals surface area contributed by atoms with Gasteiger partial charge in [-0.25, -0.2) is 4.78 Å². The third kappa shape index (κ3) is 5.63. The zero-order chi connectivity index (χ0) is 29.4. The van der Waals surface area contributed by atoms with Crippen LogP contribution in [0.15, 0.2) is 132 Å². The Morgan fingerprint density at radius 1 is 0.767 bits per heavy atom. The predicted octanol–water partition coefficient (Wildman–Crippen LogP) is 10.9. The molecule has 1 fully saturated rings. The third-order valence-electron chi connectivity index (χ3n) is 8.17. The van der Waals surface area contributed by atoms with Crippen molar-refractivity contribution in [3.63, 3.8) is 0 Å². The van der Waals surface area contributed by atoms with E-state index in [1.807, 2.05) is 114 Å². The molecule has 0 N–H and O–H groups in total. The topological polar surface area (TPSA) is 41.9 Å². The maximum absolute atomic E-state index is 15.4. The molecule has 0 radical (unpaired) electrons. The Morgan fingerprint density at radius 3 is 1.91 bits per heavy atom. The zero-order valence-corrected chi connectivity index (χ0v) is 25.7. The number of halogens is 2. The minimum atomic E-state index is -3.41. The number of hydrogen-bond acceptors (Lipinski definition) is 3. The van der Waals surface area contributed by atoms with Gasteiger partial charge in [0, 0.05) is 38.7 Å². The fourth-order valence-corrected chi connectivity index (χ4v) is 8.68. The average Bonchev–Trinajstić information content (AvgIpc) is 3.45. The standard InChI is InChI=1S/C36H29Cl2N2O2P/c37-30-18-14-25(15-19-30)22-29-12-7-13-32-35(29)39-40(36(32)28-16-20-31(38)21-17-28)43(41)23-33(26-8-3-1-4-9-26)42-34(24-43)27-10-5-2-6-11-27/h1-6,8-11,14-24,32,36H,7,12-13H2/b29-22+/t32-,36-/m0/s1. The highest BCUT2D eigenvalue weighted by Crippen LogP contribution is 2.65. The van der Waals surface area contributed by atoms with Crippen LogP contribution in [0.5, 0.6) is 0 Å². The van der Waals surface area contributed by atoms with E-state index in [1.165, 1.54) is 5.57 Å². The van der Waals surface area contributed by atoms with Crippen LogP contribution in [-0.4, -0.2) is 10.5 Å². The number of nitrogens with zero attached hydrogens (tertiary/aromatic N) is 2. The molecule has 0 amide bonds. The summed E-state index contributed by atoms with van der Waals surface area (Å²) in [7, 11) is -3.41. The lowest BCUT2D eigenvalue weighted by Crippen LogP contribution is -2.27. The van der Waals surface area contributed by atoms with Crippen molar-refractivity contribution < 1.29 is 9.30 Å². The van der Waals surface area contributed by atoms with Crippen molar-refractivity contribution in [1.82, 2.24) is 4.78 Å². The first-order valence-corrected chi connectivity index (χ1v) is 17.0. The molecule has 2 heterocycles. The van der Waals surface area contributed by atoms with Crippen molar-refractivity contribution in [1.29, 1.82) is 0 Å². The Kier molecular flexibility index (Phi) is 7.61. The second-order valence-electron chi connectivity index (χ2n) is 11.0. The van der Waals surface area contributed by atoms with Gasteiger partial charge in [0.15, 0.2) is 0 Å². The molecule has 0 saturated heterocycles. The second kappa shape index (κ2) is 11.7. The molecular formula is C36H29Cl2N2O2P. The summed E-state index contributed by atoms with van der Waals surface area (Å²) in [5.74, 6) is 4.76. The van der Waals surface area contributed by atoms with Gasteiger partial charge >= 0.3 is 0 Å². The lowest BCUT2D eigenvalue weighted by atomic mass is 9.78. The average molecular weight is 624 g/mol. The van der Waals surface area contributed by atoms with Gasteiger partial charge in [0.05, 0.1) is 11.8 Å². The van der Waals surface area contributed by atoms with E-state index in [0.29, 0.717) is 21.6 Å². The Morgan fingerprint density at radius 2 is 1.33 bits per heavy atom. The predicted molar refractivity (Wildman–Crippen MR) is 178 cm³/mol. The molecule has 4 aromatic carbocycles. The normalized spacial score (nSPS) is 21.9. The Bertz CT molecular complexity index is 1760. The summed E-state index contributed by atoms with van der Waals surface area (Å²) < 4.78 is 23.7.